The molecule has 4 rings (SSSR count). The van der Waals surface area contributed by atoms with Crippen LogP contribution in [-0.2, 0) is 10.0 Å². The van der Waals surface area contributed by atoms with E-state index in [2.05, 4.69) is 4.72 Å². The van der Waals surface area contributed by atoms with E-state index in [-0.39, 0.29) is 11.0 Å². The van der Waals surface area contributed by atoms with Crippen molar-refractivity contribution < 1.29 is 13.2 Å². The van der Waals surface area contributed by atoms with Crippen LogP contribution in [0.2, 0.25) is 5.02 Å². The number of rotatable bonds is 4. The van der Waals surface area contributed by atoms with Crippen LogP contribution in [0, 0.1) is 0 Å². The number of ether oxygens (including phenoxy) is 1. The maximum absolute atomic E-state index is 12.7. The van der Waals surface area contributed by atoms with E-state index >= 15 is 0 Å². The van der Waals surface area contributed by atoms with Gasteiger partial charge >= 0.3 is 0 Å². The Morgan fingerprint density at radius 1 is 1.14 bits per heavy atom. The minimum Gasteiger partial charge on any atom is -0.481 e. The number of nitrogens with one attached hydrogen (secondary N) is 1. The Morgan fingerprint density at radius 3 is 2.71 bits per heavy atom. The van der Waals surface area contributed by atoms with Crippen LogP contribution in [0.1, 0.15) is 5.56 Å². The standard InChI is InChI=1S/C21H19ClN2O3S/c1-24(2)16-9-10-21-19(13-16)18-12-15(6-4-8-20(18)27-21)23-28(25,26)17-7-3-5-14(22)11-17/h3-13,20,23H,1-2H3. The highest BCUT2D eigenvalue weighted by atomic mass is 35.5. The number of benzene rings is 2. The Morgan fingerprint density at radius 2 is 1.96 bits per heavy atom. The molecule has 1 atom stereocenters. The zero-order valence-electron chi connectivity index (χ0n) is 15.4. The van der Waals surface area contributed by atoms with Crippen molar-refractivity contribution in [3.63, 3.8) is 0 Å². The van der Waals surface area contributed by atoms with Crippen LogP contribution in [-0.4, -0.2) is 28.6 Å². The average molecular weight is 415 g/mol. The Balaban J connectivity index is 1.70. The molecule has 144 valence electrons. The van der Waals surface area contributed by atoms with E-state index in [0.29, 0.717) is 10.7 Å². The molecule has 28 heavy (non-hydrogen) atoms. The zero-order chi connectivity index (χ0) is 19.9. The number of sulfonamides is 1. The number of fused-ring (bicyclic) bond motifs is 3. The summed E-state index contributed by atoms with van der Waals surface area (Å²) < 4.78 is 34.1. The monoisotopic (exact) mass is 414 g/mol. The SMILES string of the molecule is CN(C)c1ccc2c(c1)C1=CC(NS(=O)(=O)c3cccc(Cl)c3)=CC=CC1O2. The summed E-state index contributed by atoms with van der Waals surface area (Å²) in [5.41, 5.74) is 3.37. The van der Waals surface area contributed by atoms with Gasteiger partial charge in [0.15, 0.2) is 0 Å². The second-order valence-corrected chi connectivity index (χ2v) is 8.90. The molecule has 5 nitrogen and oxygen atoms in total. The van der Waals surface area contributed by atoms with Gasteiger partial charge in [0.05, 0.1) is 4.90 Å². The summed E-state index contributed by atoms with van der Waals surface area (Å²) in [7, 11) is 0.190. The summed E-state index contributed by atoms with van der Waals surface area (Å²) in [6.07, 6.45) is 6.98. The van der Waals surface area contributed by atoms with Crippen LogP contribution in [0.4, 0.5) is 5.69 Å². The first-order chi connectivity index (χ1) is 13.3. The molecule has 0 amide bonds. The number of hydrogen-bond acceptors (Lipinski definition) is 4. The van der Waals surface area contributed by atoms with E-state index in [1.54, 1.807) is 24.3 Å². The summed E-state index contributed by atoms with van der Waals surface area (Å²) in [6, 6.07) is 12.1. The minimum atomic E-state index is -3.76. The van der Waals surface area contributed by atoms with Crippen molar-refractivity contribution in [3.05, 3.63) is 83.1 Å². The summed E-state index contributed by atoms with van der Waals surface area (Å²) in [6.45, 7) is 0. The fraction of sp³-hybridized carbons (Fsp3) is 0.143. The molecule has 1 aliphatic carbocycles. The normalized spacial score (nSPS) is 17.6. The van der Waals surface area contributed by atoms with Gasteiger partial charge in [-0.3, -0.25) is 4.72 Å². The van der Waals surface area contributed by atoms with E-state index in [1.165, 1.54) is 12.1 Å². The predicted molar refractivity (Wildman–Crippen MR) is 112 cm³/mol. The van der Waals surface area contributed by atoms with Crippen LogP contribution >= 0.6 is 11.6 Å². The third-order valence-corrected chi connectivity index (χ3v) is 6.20. The van der Waals surface area contributed by atoms with Gasteiger partial charge in [-0.25, -0.2) is 8.42 Å². The zero-order valence-corrected chi connectivity index (χ0v) is 17.0. The topological polar surface area (TPSA) is 58.6 Å². The van der Waals surface area contributed by atoms with Crippen LogP contribution < -0.4 is 14.4 Å². The fourth-order valence-corrected chi connectivity index (χ4v) is 4.52. The molecule has 0 fully saturated rings. The molecule has 1 unspecified atom stereocenters. The third kappa shape index (κ3) is 3.53. The van der Waals surface area contributed by atoms with Gasteiger partial charge in [0.25, 0.3) is 10.0 Å². The van der Waals surface area contributed by atoms with Crippen molar-refractivity contribution >= 4 is 32.9 Å². The molecule has 2 aliphatic rings. The predicted octanol–water partition coefficient (Wildman–Crippen LogP) is 3.98. The van der Waals surface area contributed by atoms with Gasteiger partial charge in [-0.15, -0.1) is 0 Å². The minimum absolute atomic E-state index is 0.113. The molecule has 0 bridgehead atoms. The maximum atomic E-state index is 12.7. The lowest BCUT2D eigenvalue weighted by Crippen LogP contribution is -2.22. The molecule has 1 N–H and O–H groups in total. The Bertz CT molecular complexity index is 1130. The number of halogens is 1. The second-order valence-electron chi connectivity index (χ2n) is 6.78. The van der Waals surface area contributed by atoms with Crippen LogP contribution in [0.5, 0.6) is 5.75 Å². The number of nitrogens with zero attached hydrogens (tertiary/aromatic N) is 1. The van der Waals surface area contributed by atoms with E-state index in [4.69, 9.17) is 16.3 Å². The van der Waals surface area contributed by atoms with Crippen molar-refractivity contribution in [1.82, 2.24) is 4.72 Å². The summed E-state index contributed by atoms with van der Waals surface area (Å²) in [4.78, 5) is 2.13. The molecule has 2 aromatic carbocycles. The van der Waals surface area contributed by atoms with E-state index in [0.717, 1.165) is 22.6 Å². The highest BCUT2D eigenvalue weighted by molar-refractivity contribution is 7.89. The van der Waals surface area contributed by atoms with E-state index in [1.807, 2.05) is 49.3 Å². The molecule has 0 saturated carbocycles. The third-order valence-electron chi connectivity index (χ3n) is 4.58. The first kappa shape index (κ1) is 18.7. The van der Waals surface area contributed by atoms with Gasteiger partial charge in [-0.2, -0.15) is 0 Å². The smallest absolute Gasteiger partial charge is 0.261 e. The van der Waals surface area contributed by atoms with Crippen molar-refractivity contribution in [2.45, 2.75) is 11.0 Å². The number of hydrogen-bond donors (Lipinski definition) is 1. The molecular weight excluding hydrogens is 396 g/mol. The molecule has 0 saturated heterocycles. The molecule has 1 aliphatic heterocycles. The van der Waals surface area contributed by atoms with Crippen molar-refractivity contribution in [1.29, 1.82) is 0 Å². The Labute approximate surface area is 169 Å². The fourth-order valence-electron chi connectivity index (χ4n) is 3.17. The van der Waals surface area contributed by atoms with Crippen LogP contribution in [0.25, 0.3) is 5.57 Å². The van der Waals surface area contributed by atoms with Gasteiger partial charge in [0, 0.05) is 41.6 Å². The van der Waals surface area contributed by atoms with Gasteiger partial charge in [-0.1, -0.05) is 23.7 Å². The highest BCUT2D eigenvalue weighted by Gasteiger charge is 2.29. The molecule has 0 radical (unpaired) electrons. The molecule has 7 heteroatoms. The molecular formula is C21H19ClN2O3S. The van der Waals surface area contributed by atoms with Gasteiger partial charge in [0.1, 0.15) is 11.9 Å². The highest BCUT2D eigenvalue weighted by Crippen LogP contribution is 2.41. The van der Waals surface area contributed by atoms with E-state index < -0.39 is 10.0 Å². The summed E-state index contributed by atoms with van der Waals surface area (Å²) in [5.74, 6) is 0.783. The lowest BCUT2D eigenvalue weighted by atomic mass is 10.0. The van der Waals surface area contributed by atoms with Crippen LogP contribution in [0.15, 0.2) is 77.4 Å². The van der Waals surface area contributed by atoms with E-state index in [9.17, 15) is 8.42 Å². The first-order valence-electron chi connectivity index (χ1n) is 8.70. The molecule has 2 aromatic rings. The number of anilines is 1. The Kier molecular flexibility index (Phi) is 4.69. The Hall–Kier alpha value is -2.70. The largest absolute Gasteiger partial charge is 0.481 e. The quantitative estimate of drug-likeness (QED) is 0.822. The summed E-state index contributed by atoms with van der Waals surface area (Å²) >= 11 is 5.94. The van der Waals surface area contributed by atoms with Crippen molar-refractivity contribution in [2.75, 3.05) is 19.0 Å². The van der Waals surface area contributed by atoms with Crippen LogP contribution in [0.3, 0.4) is 0 Å². The molecule has 0 spiro atoms. The first-order valence-corrected chi connectivity index (χ1v) is 10.6. The van der Waals surface area contributed by atoms with Gasteiger partial charge in [-0.05, 0) is 54.6 Å². The lowest BCUT2D eigenvalue weighted by Gasteiger charge is -2.13. The second kappa shape index (κ2) is 7.04. The molecule has 1 heterocycles. The summed E-state index contributed by atoms with van der Waals surface area (Å²) in [5, 5.41) is 0.366. The average Bonchev–Trinajstić information content (AvgIpc) is 2.86. The van der Waals surface area contributed by atoms with Gasteiger partial charge in [0.2, 0.25) is 0 Å². The lowest BCUT2D eigenvalue weighted by molar-refractivity contribution is 0.323. The van der Waals surface area contributed by atoms with Crippen molar-refractivity contribution in [2.24, 2.45) is 0 Å². The molecule has 0 aromatic heterocycles. The van der Waals surface area contributed by atoms with Crippen molar-refractivity contribution in [3.8, 4) is 5.75 Å². The van der Waals surface area contributed by atoms with Gasteiger partial charge < -0.3 is 9.64 Å². The maximum Gasteiger partial charge on any atom is 0.261 e. The number of allylic oxidation sites excluding steroid dienone is 3.